The van der Waals surface area contributed by atoms with Gasteiger partial charge < -0.3 is 0 Å². The Kier molecular flexibility index (Phi) is 2.86. The molecule has 1 rings (SSSR count). The minimum Gasteiger partial charge on any atom is -0.295 e. The van der Waals surface area contributed by atoms with Crippen LogP contribution in [0.4, 0.5) is 0 Å². The van der Waals surface area contributed by atoms with Crippen LogP contribution in [0.15, 0.2) is 11.6 Å². The second-order valence-corrected chi connectivity index (χ2v) is 3.57. The number of carbonyl (C=O) groups is 1. The summed E-state index contributed by atoms with van der Waals surface area (Å²) >= 11 is 0. The van der Waals surface area contributed by atoms with E-state index < -0.39 is 0 Å². The van der Waals surface area contributed by atoms with Crippen LogP contribution >= 0.6 is 0 Å². The molecule has 0 heterocycles. The van der Waals surface area contributed by atoms with Gasteiger partial charge in [0.15, 0.2) is 5.78 Å². The molecule has 1 fully saturated rings. The summed E-state index contributed by atoms with van der Waals surface area (Å²) in [6.45, 7) is 4.24. The Bertz CT molecular complexity index is 177. The molecule has 0 bridgehead atoms. The fourth-order valence-corrected chi connectivity index (χ4v) is 1.48. The highest BCUT2D eigenvalue weighted by molar-refractivity contribution is 5.95. The molecule has 0 aromatic carbocycles. The predicted molar refractivity (Wildman–Crippen MR) is 46.4 cm³/mol. The third-order valence-corrected chi connectivity index (χ3v) is 1.99. The highest BCUT2D eigenvalue weighted by atomic mass is 16.1. The first-order valence-electron chi connectivity index (χ1n) is 4.44. The first-order valence-corrected chi connectivity index (χ1v) is 4.44. The lowest BCUT2D eigenvalue weighted by molar-refractivity contribution is -0.116. The minimum atomic E-state index is 0.380. The Morgan fingerprint density at radius 3 is 2.45 bits per heavy atom. The van der Waals surface area contributed by atoms with E-state index in [0.29, 0.717) is 11.7 Å². The van der Waals surface area contributed by atoms with Gasteiger partial charge in [-0.3, -0.25) is 4.79 Å². The summed E-state index contributed by atoms with van der Waals surface area (Å²) in [4.78, 5) is 11.3. The average molecular weight is 152 g/mol. The third-order valence-electron chi connectivity index (χ3n) is 1.99. The third kappa shape index (κ3) is 2.49. The first kappa shape index (κ1) is 8.51. The Labute approximate surface area is 68.5 Å². The molecule has 0 saturated heterocycles. The summed E-state index contributed by atoms with van der Waals surface area (Å²) in [5, 5.41) is 0. The van der Waals surface area contributed by atoms with E-state index in [9.17, 15) is 4.79 Å². The number of carbonyl (C=O) groups excluding carboxylic acids is 1. The van der Waals surface area contributed by atoms with Crippen LogP contribution in [0.1, 0.15) is 39.5 Å². The van der Waals surface area contributed by atoms with Crippen LogP contribution in [0.25, 0.3) is 0 Å². The zero-order chi connectivity index (χ0) is 8.27. The molecular formula is C10H16O. The summed E-state index contributed by atoms with van der Waals surface area (Å²) in [7, 11) is 0. The normalized spacial score (nSPS) is 23.2. The second-order valence-electron chi connectivity index (χ2n) is 3.57. The van der Waals surface area contributed by atoms with Gasteiger partial charge in [0.2, 0.25) is 0 Å². The SMILES string of the molecule is CC(C)C=C1CCCCC1=O. The van der Waals surface area contributed by atoms with Crippen LogP contribution in [0.2, 0.25) is 0 Å². The van der Waals surface area contributed by atoms with Crippen molar-refractivity contribution in [2.24, 2.45) is 5.92 Å². The monoisotopic (exact) mass is 152 g/mol. The minimum absolute atomic E-state index is 0.380. The summed E-state index contributed by atoms with van der Waals surface area (Å²) in [5.41, 5.74) is 1.08. The summed E-state index contributed by atoms with van der Waals surface area (Å²) in [5.74, 6) is 0.900. The molecular weight excluding hydrogens is 136 g/mol. The van der Waals surface area contributed by atoms with E-state index in [4.69, 9.17) is 0 Å². The van der Waals surface area contributed by atoms with Crippen molar-refractivity contribution in [2.75, 3.05) is 0 Å². The Morgan fingerprint density at radius 2 is 1.91 bits per heavy atom. The largest absolute Gasteiger partial charge is 0.295 e. The molecule has 0 unspecified atom stereocenters. The average Bonchev–Trinajstić information content (AvgIpc) is 1.93. The maximum Gasteiger partial charge on any atom is 0.158 e. The quantitative estimate of drug-likeness (QED) is 0.528. The highest BCUT2D eigenvalue weighted by Gasteiger charge is 2.14. The summed E-state index contributed by atoms with van der Waals surface area (Å²) in [6, 6.07) is 0. The maximum atomic E-state index is 11.3. The van der Waals surface area contributed by atoms with Crippen molar-refractivity contribution < 1.29 is 4.79 Å². The number of rotatable bonds is 1. The van der Waals surface area contributed by atoms with Crippen LogP contribution in [-0.4, -0.2) is 5.78 Å². The summed E-state index contributed by atoms with van der Waals surface area (Å²) in [6.07, 6.45) is 6.19. The molecule has 0 aromatic heterocycles. The topological polar surface area (TPSA) is 17.1 Å². The lowest BCUT2D eigenvalue weighted by atomic mass is 9.91. The van der Waals surface area contributed by atoms with Crippen molar-refractivity contribution in [3.8, 4) is 0 Å². The molecule has 1 heteroatoms. The molecule has 0 atom stereocenters. The maximum absolute atomic E-state index is 11.3. The smallest absolute Gasteiger partial charge is 0.158 e. The van der Waals surface area contributed by atoms with Crippen molar-refractivity contribution >= 4 is 5.78 Å². The Hall–Kier alpha value is -0.590. The van der Waals surface area contributed by atoms with E-state index in [-0.39, 0.29) is 0 Å². The molecule has 1 saturated carbocycles. The van der Waals surface area contributed by atoms with Gasteiger partial charge in [-0.25, -0.2) is 0 Å². The van der Waals surface area contributed by atoms with Crippen LogP contribution < -0.4 is 0 Å². The van der Waals surface area contributed by atoms with Crippen molar-refractivity contribution in [1.29, 1.82) is 0 Å². The van der Waals surface area contributed by atoms with Crippen molar-refractivity contribution in [3.63, 3.8) is 0 Å². The summed E-state index contributed by atoms with van der Waals surface area (Å²) < 4.78 is 0. The number of allylic oxidation sites excluding steroid dienone is 2. The van der Waals surface area contributed by atoms with E-state index in [1.807, 2.05) is 0 Å². The first-order chi connectivity index (χ1) is 5.20. The van der Waals surface area contributed by atoms with E-state index in [1.165, 1.54) is 6.42 Å². The van der Waals surface area contributed by atoms with Gasteiger partial charge in [-0.1, -0.05) is 19.9 Å². The zero-order valence-corrected chi connectivity index (χ0v) is 7.39. The molecule has 0 N–H and O–H groups in total. The molecule has 0 aromatic rings. The van der Waals surface area contributed by atoms with Gasteiger partial charge >= 0.3 is 0 Å². The molecule has 0 amide bonds. The standard InChI is InChI=1S/C10H16O/c1-8(2)7-9-5-3-4-6-10(9)11/h7-8H,3-6H2,1-2H3. The van der Waals surface area contributed by atoms with Gasteiger partial charge in [0, 0.05) is 6.42 Å². The number of Topliss-reactive ketones (excluding diaryl/α,β-unsaturated/α-hetero) is 1. The molecule has 1 nitrogen and oxygen atoms in total. The number of hydrogen-bond acceptors (Lipinski definition) is 1. The fourth-order valence-electron chi connectivity index (χ4n) is 1.48. The van der Waals surface area contributed by atoms with Gasteiger partial charge in [0.25, 0.3) is 0 Å². The zero-order valence-electron chi connectivity index (χ0n) is 7.39. The molecule has 0 spiro atoms. The Morgan fingerprint density at radius 1 is 1.27 bits per heavy atom. The van der Waals surface area contributed by atoms with Gasteiger partial charge in [-0.2, -0.15) is 0 Å². The predicted octanol–water partition coefficient (Wildman–Crippen LogP) is 2.71. The Balaban J connectivity index is 2.61. The number of ketones is 1. The lowest BCUT2D eigenvalue weighted by Crippen LogP contribution is -2.09. The van der Waals surface area contributed by atoms with Crippen LogP contribution in [0, 0.1) is 5.92 Å². The molecule has 11 heavy (non-hydrogen) atoms. The number of hydrogen-bond donors (Lipinski definition) is 0. The van der Waals surface area contributed by atoms with Gasteiger partial charge in [0.05, 0.1) is 0 Å². The van der Waals surface area contributed by atoms with Crippen molar-refractivity contribution in [3.05, 3.63) is 11.6 Å². The molecule has 1 aliphatic rings. The van der Waals surface area contributed by atoms with Crippen LogP contribution in [-0.2, 0) is 4.79 Å². The van der Waals surface area contributed by atoms with Gasteiger partial charge in [0.1, 0.15) is 0 Å². The molecule has 0 radical (unpaired) electrons. The molecule has 0 aliphatic heterocycles. The van der Waals surface area contributed by atoms with Crippen LogP contribution in [0.5, 0.6) is 0 Å². The van der Waals surface area contributed by atoms with E-state index in [0.717, 1.165) is 24.8 Å². The van der Waals surface area contributed by atoms with Crippen LogP contribution in [0.3, 0.4) is 0 Å². The lowest BCUT2D eigenvalue weighted by Gasteiger charge is -2.13. The van der Waals surface area contributed by atoms with Gasteiger partial charge in [-0.05, 0) is 30.8 Å². The van der Waals surface area contributed by atoms with E-state index in [2.05, 4.69) is 19.9 Å². The fraction of sp³-hybridized carbons (Fsp3) is 0.700. The van der Waals surface area contributed by atoms with Crippen molar-refractivity contribution in [1.82, 2.24) is 0 Å². The van der Waals surface area contributed by atoms with Crippen molar-refractivity contribution in [2.45, 2.75) is 39.5 Å². The van der Waals surface area contributed by atoms with E-state index >= 15 is 0 Å². The second kappa shape index (κ2) is 3.70. The van der Waals surface area contributed by atoms with E-state index in [1.54, 1.807) is 0 Å². The molecule has 1 aliphatic carbocycles. The van der Waals surface area contributed by atoms with Gasteiger partial charge in [-0.15, -0.1) is 0 Å². The molecule has 62 valence electrons. The highest BCUT2D eigenvalue weighted by Crippen LogP contribution is 2.20.